The summed E-state index contributed by atoms with van der Waals surface area (Å²) >= 11 is 0. The fourth-order valence-electron chi connectivity index (χ4n) is 4.37. The summed E-state index contributed by atoms with van der Waals surface area (Å²) in [6, 6.07) is 30.2. The molecule has 0 bridgehead atoms. The van der Waals surface area contributed by atoms with Crippen molar-refractivity contribution >= 4 is 27.5 Å². The summed E-state index contributed by atoms with van der Waals surface area (Å²) in [6.45, 7) is -0.831. The highest BCUT2D eigenvalue weighted by Gasteiger charge is 2.34. The van der Waals surface area contributed by atoms with E-state index in [-0.39, 0.29) is 29.1 Å². The van der Waals surface area contributed by atoms with Crippen molar-refractivity contribution in [2.75, 3.05) is 17.9 Å². The molecule has 0 fully saturated rings. The molecule has 0 aliphatic carbocycles. The molecule has 0 aliphatic rings. The molecule has 40 heavy (non-hydrogen) atoms. The lowest BCUT2D eigenvalue weighted by Gasteiger charge is -2.33. The molecule has 7 nitrogen and oxygen atoms in total. The second-order valence-electron chi connectivity index (χ2n) is 9.09. The van der Waals surface area contributed by atoms with Crippen LogP contribution < -0.4 is 9.62 Å². The number of hydrogen-bond donors (Lipinski definition) is 1. The number of anilines is 1. The van der Waals surface area contributed by atoms with Gasteiger partial charge in [0.05, 0.1) is 10.6 Å². The number of nitrogens with one attached hydrogen (secondary N) is 1. The Hall–Kier alpha value is -4.50. The summed E-state index contributed by atoms with van der Waals surface area (Å²) < 4.78 is 43.3. The standard InChI is InChI=1S/C31H30FN3O4S/c1-33-31(37)29(21-24-13-5-2-6-14-24)34(22-25-15-11-12-20-28(25)32)30(36)23-35(26-16-7-3-8-17-26)40(38,39)27-18-9-4-10-19-27/h2-20,29H,21-23H2,1H3,(H,33,37)/t29-/m1/s1. The van der Waals surface area contributed by atoms with Gasteiger partial charge >= 0.3 is 0 Å². The summed E-state index contributed by atoms with van der Waals surface area (Å²) in [5.41, 5.74) is 1.28. The third-order valence-electron chi connectivity index (χ3n) is 6.47. The highest BCUT2D eigenvalue weighted by atomic mass is 32.2. The zero-order valence-electron chi connectivity index (χ0n) is 22.0. The maximum atomic E-state index is 14.8. The molecule has 206 valence electrons. The topological polar surface area (TPSA) is 86.8 Å². The third kappa shape index (κ3) is 6.73. The smallest absolute Gasteiger partial charge is 0.264 e. The lowest BCUT2D eigenvalue weighted by atomic mass is 10.0. The quantitative estimate of drug-likeness (QED) is 0.295. The molecule has 2 amide bonds. The zero-order valence-corrected chi connectivity index (χ0v) is 22.8. The maximum absolute atomic E-state index is 14.8. The van der Waals surface area contributed by atoms with Crippen LogP contribution in [0.25, 0.3) is 0 Å². The van der Waals surface area contributed by atoms with Crippen molar-refractivity contribution in [3.05, 3.63) is 132 Å². The SMILES string of the molecule is CNC(=O)[C@@H](Cc1ccccc1)N(Cc1ccccc1F)C(=O)CN(c1ccccc1)S(=O)(=O)c1ccccc1. The van der Waals surface area contributed by atoms with Gasteiger partial charge in [-0.1, -0.05) is 84.9 Å². The molecule has 0 heterocycles. The molecule has 0 saturated carbocycles. The van der Waals surface area contributed by atoms with Crippen LogP contribution in [-0.2, 0) is 32.6 Å². The van der Waals surface area contributed by atoms with Crippen molar-refractivity contribution in [3.8, 4) is 0 Å². The van der Waals surface area contributed by atoms with E-state index >= 15 is 0 Å². The van der Waals surface area contributed by atoms with Gasteiger partial charge in [-0.3, -0.25) is 13.9 Å². The molecule has 0 aliphatic heterocycles. The van der Waals surface area contributed by atoms with E-state index in [2.05, 4.69) is 5.32 Å². The van der Waals surface area contributed by atoms with E-state index in [9.17, 15) is 22.4 Å². The van der Waals surface area contributed by atoms with Crippen LogP contribution in [0.1, 0.15) is 11.1 Å². The average molecular weight is 560 g/mol. The summed E-state index contributed by atoms with van der Waals surface area (Å²) in [5.74, 6) is -1.64. The maximum Gasteiger partial charge on any atom is 0.264 e. The van der Waals surface area contributed by atoms with E-state index in [0.29, 0.717) is 0 Å². The van der Waals surface area contributed by atoms with Gasteiger partial charge in [-0.15, -0.1) is 0 Å². The van der Waals surface area contributed by atoms with Crippen molar-refractivity contribution < 1.29 is 22.4 Å². The van der Waals surface area contributed by atoms with Gasteiger partial charge in [0.1, 0.15) is 18.4 Å². The van der Waals surface area contributed by atoms with Crippen LogP contribution in [0.4, 0.5) is 10.1 Å². The van der Waals surface area contributed by atoms with E-state index in [1.165, 1.54) is 42.3 Å². The third-order valence-corrected chi connectivity index (χ3v) is 8.26. The van der Waals surface area contributed by atoms with E-state index in [4.69, 9.17) is 0 Å². The number of para-hydroxylation sites is 1. The van der Waals surface area contributed by atoms with Crippen LogP contribution in [0.3, 0.4) is 0 Å². The fraction of sp³-hybridized carbons (Fsp3) is 0.161. The first-order chi connectivity index (χ1) is 19.3. The number of likely N-dealkylation sites (N-methyl/N-ethyl adjacent to an activating group) is 1. The Morgan fingerprint density at radius 3 is 1.95 bits per heavy atom. The number of carbonyl (C=O) groups is 2. The number of amides is 2. The Balaban J connectivity index is 1.77. The van der Waals surface area contributed by atoms with Gasteiger partial charge in [-0.25, -0.2) is 12.8 Å². The summed E-state index contributed by atoms with van der Waals surface area (Å²) in [4.78, 5) is 28.5. The molecular weight excluding hydrogens is 529 g/mol. The predicted octanol–water partition coefficient (Wildman–Crippen LogP) is 4.41. The Bertz CT molecular complexity index is 1530. The van der Waals surface area contributed by atoms with Crippen molar-refractivity contribution in [1.29, 1.82) is 0 Å². The number of sulfonamides is 1. The van der Waals surface area contributed by atoms with Crippen LogP contribution in [0, 0.1) is 5.82 Å². The van der Waals surface area contributed by atoms with Crippen LogP contribution in [0.15, 0.2) is 120 Å². The lowest BCUT2D eigenvalue weighted by molar-refractivity contribution is -0.139. The van der Waals surface area contributed by atoms with Crippen molar-refractivity contribution in [1.82, 2.24) is 10.2 Å². The number of benzene rings is 4. The molecule has 0 radical (unpaired) electrons. The summed E-state index contributed by atoms with van der Waals surface area (Å²) in [7, 11) is -2.70. The molecule has 1 N–H and O–H groups in total. The number of hydrogen-bond acceptors (Lipinski definition) is 4. The van der Waals surface area contributed by atoms with Gasteiger partial charge in [-0.2, -0.15) is 0 Å². The fourth-order valence-corrected chi connectivity index (χ4v) is 5.81. The second kappa shape index (κ2) is 13.0. The first-order valence-electron chi connectivity index (χ1n) is 12.7. The van der Waals surface area contributed by atoms with Gasteiger partial charge in [0.25, 0.3) is 10.0 Å². The van der Waals surface area contributed by atoms with Crippen LogP contribution in [0.2, 0.25) is 0 Å². The molecule has 0 spiro atoms. The number of nitrogens with zero attached hydrogens (tertiary/aromatic N) is 2. The van der Waals surface area contributed by atoms with Crippen LogP contribution >= 0.6 is 0 Å². The Labute approximate surface area is 233 Å². The van der Waals surface area contributed by atoms with Crippen molar-refractivity contribution in [2.24, 2.45) is 0 Å². The highest BCUT2D eigenvalue weighted by Crippen LogP contribution is 2.25. The van der Waals surface area contributed by atoms with Crippen molar-refractivity contribution in [2.45, 2.75) is 23.9 Å². The molecule has 1 atom stereocenters. The largest absolute Gasteiger partial charge is 0.357 e. The highest BCUT2D eigenvalue weighted by molar-refractivity contribution is 7.92. The average Bonchev–Trinajstić information content (AvgIpc) is 2.99. The van der Waals surface area contributed by atoms with Crippen LogP contribution in [-0.4, -0.2) is 44.8 Å². The summed E-state index contributed by atoms with van der Waals surface area (Å²) in [6.07, 6.45) is 0.150. The predicted molar refractivity (Wildman–Crippen MR) is 152 cm³/mol. The molecule has 0 saturated heterocycles. The minimum absolute atomic E-state index is 0.0134. The number of rotatable bonds is 11. The second-order valence-corrected chi connectivity index (χ2v) is 11.0. The minimum Gasteiger partial charge on any atom is -0.357 e. The monoisotopic (exact) mass is 559 g/mol. The molecule has 4 rings (SSSR count). The molecular formula is C31H30FN3O4S. The molecule has 9 heteroatoms. The Morgan fingerprint density at radius 1 is 0.800 bits per heavy atom. The molecule has 0 unspecified atom stereocenters. The number of halogens is 1. The summed E-state index contributed by atoms with van der Waals surface area (Å²) in [5, 5.41) is 2.60. The van der Waals surface area contributed by atoms with Gasteiger partial charge < -0.3 is 10.2 Å². The lowest BCUT2D eigenvalue weighted by Crippen LogP contribution is -2.53. The zero-order chi connectivity index (χ0) is 28.5. The van der Waals surface area contributed by atoms with Gasteiger partial charge in [-0.05, 0) is 35.9 Å². The van der Waals surface area contributed by atoms with Crippen LogP contribution in [0.5, 0.6) is 0 Å². The van der Waals surface area contributed by atoms with Gasteiger partial charge in [0.15, 0.2) is 0 Å². The first-order valence-corrected chi connectivity index (χ1v) is 14.2. The molecule has 0 aromatic heterocycles. The van der Waals surface area contributed by atoms with Crippen molar-refractivity contribution in [3.63, 3.8) is 0 Å². The van der Waals surface area contributed by atoms with E-state index in [1.54, 1.807) is 54.6 Å². The number of carbonyl (C=O) groups excluding carboxylic acids is 2. The van der Waals surface area contributed by atoms with E-state index < -0.39 is 40.2 Å². The van der Waals surface area contributed by atoms with Gasteiger partial charge in [0, 0.05) is 25.6 Å². The van der Waals surface area contributed by atoms with E-state index in [0.717, 1.165) is 9.87 Å². The molecule has 4 aromatic rings. The normalized spacial score (nSPS) is 11.8. The van der Waals surface area contributed by atoms with Gasteiger partial charge in [0.2, 0.25) is 11.8 Å². The Morgan fingerprint density at radius 2 is 1.35 bits per heavy atom. The Kier molecular flexibility index (Phi) is 9.29. The first kappa shape index (κ1) is 28.5. The minimum atomic E-state index is -4.16. The van der Waals surface area contributed by atoms with E-state index in [1.807, 2.05) is 30.3 Å². The molecule has 4 aromatic carbocycles.